The van der Waals surface area contributed by atoms with Crippen molar-refractivity contribution < 1.29 is 4.79 Å². The van der Waals surface area contributed by atoms with Crippen LogP contribution in [-0.4, -0.2) is 11.7 Å². The molecule has 1 aromatic rings. The van der Waals surface area contributed by atoms with Crippen LogP contribution in [0, 0.1) is 11.3 Å². The van der Waals surface area contributed by atoms with Crippen molar-refractivity contribution in [2.45, 2.75) is 206 Å². The molecule has 4 nitrogen and oxygen atoms in total. The standard InChI is InChI=1S/C41H75N3O/c1-3-5-7-9-11-13-15-17-19-21-23-25-27-29-32-37(41(45)44-39-35-31-34-38(36-39)40(42)43)33-30-28-26-24-22-20-18-16-14-12-10-8-6-4-2/h31,34-37H,3-30,32-33H2,1-2H3,(H3,42,43)(H,44,45). The van der Waals surface area contributed by atoms with Crippen molar-refractivity contribution in [2.24, 2.45) is 11.7 Å². The summed E-state index contributed by atoms with van der Waals surface area (Å²) in [4.78, 5) is 13.3. The molecule has 0 saturated heterocycles. The Morgan fingerprint density at radius 3 is 1.24 bits per heavy atom. The van der Waals surface area contributed by atoms with Gasteiger partial charge in [-0.2, -0.15) is 0 Å². The van der Waals surface area contributed by atoms with Crippen molar-refractivity contribution in [2.75, 3.05) is 5.32 Å². The van der Waals surface area contributed by atoms with Crippen LogP contribution in [-0.2, 0) is 4.79 Å². The quantitative estimate of drug-likeness (QED) is 0.0413. The Morgan fingerprint density at radius 1 is 0.578 bits per heavy atom. The second-order valence-electron chi connectivity index (χ2n) is 14.0. The van der Waals surface area contributed by atoms with Gasteiger partial charge in [-0.25, -0.2) is 0 Å². The summed E-state index contributed by atoms with van der Waals surface area (Å²) in [6, 6.07) is 7.40. The Morgan fingerprint density at radius 2 is 0.911 bits per heavy atom. The molecule has 1 rings (SSSR count). The summed E-state index contributed by atoms with van der Waals surface area (Å²) in [5.41, 5.74) is 7.08. The molecule has 1 aromatic carbocycles. The number of unbranched alkanes of at least 4 members (excludes halogenated alkanes) is 26. The third-order valence-electron chi connectivity index (χ3n) is 9.62. The van der Waals surface area contributed by atoms with Crippen molar-refractivity contribution in [3.63, 3.8) is 0 Å². The third-order valence-corrected chi connectivity index (χ3v) is 9.62. The van der Waals surface area contributed by atoms with Crippen LogP contribution in [0.3, 0.4) is 0 Å². The molecule has 0 aliphatic heterocycles. The Hall–Kier alpha value is -1.84. The second-order valence-corrected chi connectivity index (χ2v) is 14.0. The highest BCUT2D eigenvalue weighted by Gasteiger charge is 2.18. The molecule has 0 atom stereocenters. The Labute approximate surface area is 280 Å². The lowest BCUT2D eigenvalue weighted by Gasteiger charge is -2.17. The van der Waals surface area contributed by atoms with Gasteiger partial charge in [-0.3, -0.25) is 10.2 Å². The number of carbonyl (C=O) groups excluding carboxylic acids is 1. The van der Waals surface area contributed by atoms with E-state index in [0.29, 0.717) is 5.56 Å². The number of amides is 1. The fourth-order valence-electron chi connectivity index (χ4n) is 6.59. The molecule has 0 spiro atoms. The van der Waals surface area contributed by atoms with Crippen molar-refractivity contribution in [1.29, 1.82) is 5.41 Å². The number of nitrogens with one attached hydrogen (secondary N) is 2. The molecule has 0 bridgehead atoms. The molecule has 0 aliphatic carbocycles. The molecule has 0 aromatic heterocycles. The molecule has 0 saturated carbocycles. The van der Waals surface area contributed by atoms with Gasteiger partial charge in [0, 0.05) is 17.2 Å². The van der Waals surface area contributed by atoms with E-state index in [4.69, 9.17) is 11.1 Å². The molecular weight excluding hydrogens is 550 g/mol. The topological polar surface area (TPSA) is 79.0 Å². The summed E-state index contributed by atoms with van der Waals surface area (Å²) >= 11 is 0. The second kappa shape index (κ2) is 30.8. The number of nitrogens with two attached hydrogens (primary N) is 1. The van der Waals surface area contributed by atoms with Gasteiger partial charge in [-0.15, -0.1) is 0 Å². The minimum atomic E-state index is 0.0347. The van der Waals surface area contributed by atoms with Gasteiger partial charge in [0.25, 0.3) is 0 Å². The van der Waals surface area contributed by atoms with Crippen LogP contribution < -0.4 is 11.1 Å². The molecule has 260 valence electrons. The van der Waals surface area contributed by atoms with E-state index in [1.54, 1.807) is 0 Å². The minimum absolute atomic E-state index is 0.0347. The SMILES string of the molecule is CCCCCCCCCCCCCCCCC(CCCCCCCCCCCCCCCC)C(=O)Nc1cccc(C(=N)N)c1. The van der Waals surface area contributed by atoms with Crippen LogP contribution in [0.1, 0.15) is 212 Å². The first-order chi connectivity index (χ1) is 22.1. The summed E-state index contributed by atoms with van der Waals surface area (Å²) in [5.74, 6) is 0.244. The molecule has 0 aliphatic rings. The third kappa shape index (κ3) is 25.0. The Balaban J connectivity index is 2.26. The van der Waals surface area contributed by atoms with E-state index in [0.717, 1.165) is 31.4 Å². The highest BCUT2D eigenvalue weighted by molar-refractivity contribution is 5.98. The fraction of sp³-hybridized carbons (Fsp3) is 0.805. The molecule has 1 amide bonds. The highest BCUT2D eigenvalue weighted by Crippen LogP contribution is 2.22. The molecule has 0 heterocycles. The number of hydrogen-bond acceptors (Lipinski definition) is 2. The highest BCUT2D eigenvalue weighted by atomic mass is 16.1. The zero-order chi connectivity index (χ0) is 32.6. The summed E-state index contributed by atoms with van der Waals surface area (Å²) in [5, 5.41) is 10.9. The van der Waals surface area contributed by atoms with Gasteiger partial charge in [-0.1, -0.05) is 206 Å². The smallest absolute Gasteiger partial charge is 0.227 e. The number of hydrogen-bond donors (Lipinski definition) is 3. The Bertz CT molecular complexity index is 791. The van der Waals surface area contributed by atoms with Crippen LogP contribution in [0.25, 0.3) is 0 Å². The van der Waals surface area contributed by atoms with Gasteiger partial charge in [0.15, 0.2) is 0 Å². The number of rotatable bonds is 33. The molecule has 45 heavy (non-hydrogen) atoms. The van der Waals surface area contributed by atoms with Gasteiger partial charge in [0.2, 0.25) is 5.91 Å². The number of amidine groups is 1. The van der Waals surface area contributed by atoms with Gasteiger partial charge >= 0.3 is 0 Å². The first-order valence-electron chi connectivity index (χ1n) is 19.8. The first-order valence-corrected chi connectivity index (χ1v) is 19.8. The van der Waals surface area contributed by atoms with E-state index in [1.165, 1.54) is 167 Å². The monoisotopic (exact) mass is 626 g/mol. The van der Waals surface area contributed by atoms with Crippen molar-refractivity contribution in [3.05, 3.63) is 29.8 Å². The van der Waals surface area contributed by atoms with E-state index in [1.807, 2.05) is 24.3 Å². The van der Waals surface area contributed by atoms with Gasteiger partial charge in [-0.05, 0) is 25.0 Å². The average Bonchev–Trinajstić information content (AvgIpc) is 3.04. The summed E-state index contributed by atoms with van der Waals surface area (Å²) in [6.45, 7) is 4.57. The van der Waals surface area contributed by atoms with E-state index < -0.39 is 0 Å². The largest absolute Gasteiger partial charge is 0.384 e. The van der Waals surface area contributed by atoms with Crippen molar-refractivity contribution >= 4 is 17.4 Å². The lowest BCUT2D eigenvalue weighted by Crippen LogP contribution is -2.23. The number of nitrogen functional groups attached to an aromatic ring is 1. The van der Waals surface area contributed by atoms with E-state index in [-0.39, 0.29) is 17.7 Å². The van der Waals surface area contributed by atoms with Gasteiger partial charge in [0.1, 0.15) is 5.84 Å². The van der Waals surface area contributed by atoms with E-state index in [2.05, 4.69) is 19.2 Å². The van der Waals surface area contributed by atoms with Gasteiger partial charge in [0.05, 0.1) is 0 Å². The van der Waals surface area contributed by atoms with E-state index in [9.17, 15) is 4.79 Å². The predicted molar refractivity (Wildman–Crippen MR) is 199 cm³/mol. The predicted octanol–water partition coefficient (Wildman–Crippen LogP) is 13.3. The van der Waals surface area contributed by atoms with Crippen LogP contribution in [0.15, 0.2) is 24.3 Å². The summed E-state index contributed by atoms with van der Waals surface area (Å²) in [7, 11) is 0. The van der Waals surface area contributed by atoms with Crippen LogP contribution >= 0.6 is 0 Å². The summed E-state index contributed by atoms with van der Waals surface area (Å²) < 4.78 is 0. The van der Waals surface area contributed by atoms with Crippen LogP contribution in [0.5, 0.6) is 0 Å². The lowest BCUT2D eigenvalue weighted by atomic mass is 9.93. The van der Waals surface area contributed by atoms with Crippen molar-refractivity contribution in [1.82, 2.24) is 0 Å². The van der Waals surface area contributed by atoms with Crippen LogP contribution in [0.4, 0.5) is 5.69 Å². The minimum Gasteiger partial charge on any atom is -0.384 e. The molecular formula is C41H75N3O. The van der Waals surface area contributed by atoms with E-state index >= 15 is 0 Å². The zero-order valence-electron chi connectivity index (χ0n) is 30.1. The lowest BCUT2D eigenvalue weighted by molar-refractivity contribution is -0.120. The summed E-state index contributed by atoms with van der Waals surface area (Å²) in [6.07, 6.45) is 40.0. The molecule has 4 heteroatoms. The van der Waals surface area contributed by atoms with Crippen molar-refractivity contribution in [3.8, 4) is 0 Å². The maximum Gasteiger partial charge on any atom is 0.227 e. The normalized spacial score (nSPS) is 11.4. The number of anilines is 1. The number of carbonyl (C=O) groups is 1. The zero-order valence-corrected chi connectivity index (χ0v) is 30.1. The van der Waals surface area contributed by atoms with Gasteiger partial charge < -0.3 is 11.1 Å². The molecule has 0 unspecified atom stereocenters. The molecule has 4 N–H and O–H groups in total. The maximum atomic E-state index is 13.3. The molecule has 0 radical (unpaired) electrons. The first kappa shape index (κ1) is 41.2. The number of benzene rings is 1. The Kier molecular flexibility index (Phi) is 28.2. The molecule has 0 fully saturated rings. The van der Waals surface area contributed by atoms with Crippen LogP contribution in [0.2, 0.25) is 0 Å². The fourth-order valence-corrected chi connectivity index (χ4v) is 6.59. The average molecular weight is 626 g/mol. The maximum absolute atomic E-state index is 13.3.